The van der Waals surface area contributed by atoms with E-state index in [4.69, 9.17) is 21.1 Å². The van der Waals surface area contributed by atoms with Crippen LogP contribution in [0.1, 0.15) is 18.9 Å². The summed E-state index contributed by atoms with van der Waals surface area (Å²) in [5, 5.41) is 15.3. The Morgan fingerprint density at radius 2 is 2.12 bits per heavy atom. The first-order valence-corrected chi connectivity index (χ1v) is 11.0. The molecule has 1 atom stereocenters. The lowest BCUT2D eigenvalue weighted by atomic mass is 9.98. The predicted octanol–water partition coefficient (Wildman–Crippen LogP) is 2.94. The van der Waals surface area contributed by atoms with Crippen molar-refractivity contribution in [3.63, 3.8) is 0 Å². The maximum Gasteiger partial charge on any atom is 0.413 e. The van der Waals surface area contributed by atoms with E-state index in [0.29, 0.717) is 28.2 Å². The van der Waals surface area contributed by atoms with Gasteiger partial charge in [0.2, 0.25) is 5.91 Å². The topological polar surface area (TPSA) is 117 Å². The lowest BCUT2D eigenvalue weighted by molar-refractivity contribution is -0.125. The lowest BCUT2D eigenvalue weighted by Crippen LogP contribution is -2.51. The third kappa shape index (κ3) is 6.19. The van der Waals surface area contributed by atoms with Gasteiger partial charge in [-0.3, -0.25) is 9.59 Å². The number of aryl methyl sites for hydroxylation is 1. The van der Waals surface area contributed by atoms with Crippen molar-refractivity contribution >= 4 is 52.2 Å². The van der Waals surface area contributed by atoms with Crippen molar-refractivity contribution in [3.8, 4) is 5.06 Å². The van der Waals surface area contributed by atoms with E-state index in [0.717, 1.165) is 22.6 Å². The molecular formula is C21H24ClN3O6S. The molecular weight excluding hydrogens is 458 g/mol. The lowest BCUT2D eigenvalue weighted by Gasteiger charge is -2.29. The van der Waals surface area contributed by atoms with Crippen LogP contribution in [-0.2, 0) is 14.3 Å². The second-order valence-corrected chi connectivity index (χ2v) is 9.29. The molecule has 1 fully saturated rings. The van der Waals surface area contributed by atoms with Gasteiger partial charge in [-0.15, -0.1) is 0 Å². The molecule has 0 aliphatic carbocycles. The predicted molar refractivity (Wildman–Crippen MR) is 122 cm³/mol. The van der Waals surface area contributed by atoms with E-state index in [2.05, 4.69) is 10.6 Å². The van der Waals surface area contributed by atoms with Crippen molar-refractivity contribution in [2.75, 3.05) is 36.6 Å². The zero-order chi connectivity index (χ0) is 23.3. The maximum atomic E-state index is 12.6. The van der Waals surface area contributed by atoms with Crippen LogP contribution in [0.4, 0.5) is 16.2 Å². The quantitative estimate of drug-likeness (QED) is 0.559. The van der Waals surface area contributed by atoms with Crippen LogP contribution >= 0.6 is 22.9 Å². The van der Waals surface area contributed by atoms with Gasteiger partial charge in [0.1, 0.15) is 6.61 Å². The Bertz CT molecular complexity index is 1010. The zero-order valence-corrected chi connectivity index (χ0v) is 19.2. The van der Waals surface area contributed by atoms with Crippen molar-refractivity contribution in [2.24, 2.45) is 0 Å². The Morgan fingerprint density at radius 1 is 1.34 bits per heavy atom. The third-order valence-electron chi connectivity index (χ3n) is 4.80. The first kappa shape index (κ1) is 24.0. The van der Waals surface area contributed by atoms with Crippen LogP contribution in [0.5, 0.6) is 5.06 Å². The van der Waals surface area contributed by atoms with Gasteiger partial charge >= 0.3 is 6.09 Å². The highest BCUT2D eigenvalue weighted by Crippen LogP contribution is 2.28. The number of aliphatic hydroxyl groups is 1. The number of carbonyl (C=O) groups excluding carboxylic acids is 3. The van der Waals surface area contributed by atoms with E-state index in [9.17, 15) is 19.5 Å². The molecule has 1 saturated heterocycles. The Kier molecular flexibility index (Phi) is 7.73. The fourth-order valence-electron chi connectivity index (χ4n) is 3.22. The van der Waals surface area contributed by atoms with E-state index in [-0.39, 0.29) is 18.9 Å². The number of aliphatic hydroxyl groups excluding tert-OH is 1. The highest BCUT2D eigenvalue weighted by Gasteiger charge is 2.30. The third-order valence-corrected chi connectivity index (χ3v) is 5.91. The number of anilines is 2. The molecule has 1 unspecified atom stereocenters. The van der Waals surface area contributed by atoms with Crippen LogP contribution in [0.25, 0.3) is 0 Å². The fourth-order valence-corrected chi connectivity index (χ4v) is 4.10. The number of thiophene rings is 1. The van der Waals surface area contributed by atoms with Gasteiger partial charge in [0.25, 0.3) is 5.91 Å². The summed E-state index contributed by atoms with van der Waals surface area (Å²) in [6.45, 7) is 3.90. The summed E-state index contributed by atoms with van der Waals surface area (Å²) in [7, 11) is 0. The standard InChI is InChI=1S/C21H24ClN3O6S/c1-13-9-14(3-4-15(13)25-7-8-30-11-18(25)28)23-17(27)10-21(2,12-26)24-20(29)31-19-6-5-16(22)32-19/h3-6,9,26H,7-8,10-12H2,1-2H3,(H,23,27)(H,24,29). The molecule has 9 nitrogen and oxygen atoms in total. The second kappa shape index (κ2) is 10.3. The summed E-state index contributed by atoms with van der Waals surface area (Å²) in [5.41, 5.74) is 0.874. The van der Waals surface area contributed by atoms with Gasteiger partial charge in [-0.05, 0) is 49.7 Å². The Balaban J connectivity index is 1.59. The second-order valence-electron chi connectivity index (χ2n) is 7.62. The molecule has 3 rings (SSSR count). The van der Waals surface area contributed by atoms with Crippen molar-refractivity contribution in [2.45, 2.75) is 25.8 Å². The molecule has 3 N–H and O–H groups in total. The van der Waals surface area contributed by atoms with Crippen LogP contribution in [0.15, 0.2) is 30.3 Å². The number of rotatable bonds is 7. The number of nitrogens with one attached hydrogen (secondary N) is 2. The van der Waals surface area contributed by atoms with E-state index >= 15 is 0 Å². The number of amides is 3. The molecule has 1 aliphatic heterocycles. The number of nitrogens with zero attached hydrogens (tertiary/aromatic N) is 1. The monoisotopic (exact) mass is 481 g/mol. The summed E-state index contributed by atoms with van der Waals surface area (Å²) < 4.78 is 10.8. The summed E-state index contributed by atoms with van der Waals surface area (Å²) in [6.07, 6.45) is -0.991. The number of carbonyl (C=O) groups is 3. The normalized spacial score (nSPS) is 15.8. The zero-order valence-electron chi connectivity index (χ0n) is 17.6. The number of morpholine rings is 1. The number of halogens is 1. The highest BCUT2D eigenvalue weighted by atomic mass is 35.5. The molecule has 0 spiro atoms. The first-order chi connectivity index (χ1) is 15.2. The average Bonchev–Trinajstić information content (AvgIpc) is 3.13. The van der Waals surface area contributed by atoms with Crippen molar-refractivity contribution in [1.82, 2.24) is 5.32 Å². The van der Waals surface area contributed by atoms with Crippen LogP contribution in [0, 0.1) is 6.92 Å². The molecule has 0 bridgehead atoms. The number of hydrogen-bond donors (Lipinski definition) is 3. The molecule has 2 heterocycles. The van der Waals surface area contributed by atoms with Gasteiger partial charge in [0.15, 0.2) is 5.06 Å². The highest BCUT2D eigenvalue weighted by molar-refractivity contribution is 7.17. The summed E-state index contributed by atoms with van der Waals surface area (Å²) in [6, 6.07) is 8.36. The number of benzene rings is 1. The minimum Gasteiger partial charge on any atom is -0.399 e. The first-order valence-electron chi connectivity index (χ1n) is 9.84. The number of hydrogen-bond acceptors (Lipinski definition) is 7. The SMILES string of the molecule is Cc1cc(NC(=O)CC(C)(CO)NC(=O)Oc2ccc(Cl)s2)ccc1N1CCOCC1=O. The summed E-state index contributed by atoms with van der Waals surface area (Å²) in [5.74, 6) is -0.520. The molecule has 1 aromatic heterocycles. The largest absolute Gasteiger partial charge is 0.413 e. The average molecular weight is 482 g/mol. The Morgan fingerprint density at radius 3 is 2.75 bits per heavy atom. The van der Waals surface area contributed by atoms with Gasteiger partial charge in [0, 0.05) is 17.9 Å². The van der Waals surface area contributed by atoms with Crippen LogP contribution in [-0.4, -0.2) is 54.9 Å². The van der Waals surface area contributed by atoms with E-state index in [1.54, 1.807) is 35.2 Å². The minimum atomic E-state index is -1.24. The molecule has 1 aromatic carbocycles. The van der Waals surface area contributed by atoms with E-state index < -0.39 is 24.1 Å². The van der Waals surface area contributed by atoms with Crippen LogP contribution in [0.2, 0.25) is 4.34 Å². The van der Waals surface area contributed by atoms with Crippen molar-refractivity contribution in [1.29, 1.82) is 0 Å². The molecule has 3 amide bonds. The molecule has 0 radical (unpaired) electrons. The fraction of sp³-hybridized carbons (Fsp3) is 0.381. The van der Waals surface area contributed by atoms with Crippen LogP contribution < -0.4 is 20.3 Å². The smallest absolute Gasteiger partial charge is 0.399 e. The molecule has 1 aliphatic rings. The molecule has 2 aromatic rings. The van der Waals surface area contributed by atoms with Crippen molar-refractivity contribution < 1.29 is 29.0 Å². The number of ether oxygens (including phenoxy) is 2. The Labute approximate surface area is 194 Å². The molecule has 0 saturated carbocycles. The maximum absolute atomic E-state index is 12.6. The molecule has 172 valence electrons. The van der Waals surface area contributed by atoms with Crippen LogP contribution in [0.3, 0.4) is 0 Å². The van der Waals surface area contributed by atoms with Gasteiger partial charge < -0.3 is 30.1 Å². The van der Waals surface area contributed by atoms with E-state index in [1.807, 2.05) is 6.92 Å². The van der Waals surface area contributed by atoms with Gasteiger partial charge in [-0.1, -0.05) is 22.9 Å². The molecule has 11 heteroatoms. The van der Waals surface area contributed by atoms with E-state index in [1.165, 1.54) is 6.92 Å². The van der Waals surface area contributed by atoms with Crippen molar-refractivity contribution in [3.05, 3.63) is 40.2 Å². The van der Waals surface area contributed by atoms with Gasteiger partial charge in [0.05, 0.1) is 29.5 Å². The molecule has 32 heavy (non-hydrogen) atoms. The summed E-state index contributed by atoms with van der Waals surface area (Å²) >= 11 is 6.90. The summed E-state index contributed by atoms with van der Waals surface area (Å²) in [4.78, 5) is 38.4. The Hall–Kier alpha value is -2.66. The van der Waals surface area contributed by atoms with Gasteiger partial charge in [-0.2, -0.15) is 0 Å². The minimum absolute atomic E-state index is 0.0482. The van der Waals surface area contributed by atoms with Gasteiger partial charge in [-0.25, -0.2) is 4.79 Å².